The van der Waals surface area contributed by atoms with Crippen LogP contribution in [0.2, 0.25) is 0 Å². The third-order valence-electron chi connectivity index (χ3n) is 3.29. The third kappa shape index (κ3) is 1.90. The zero-order valence-corrected chi connectivity index (χ0v) is 11.6. The molecule has 94 valence electrons. The fraction of sp³-hybridized carbons (Fsp3) is 0.417. The maximum Gasteiger partial charge on any atom is 0.272 e. The molecule has 0 N–H and O–H groups in total. The molecule has 3 rings (SSSR count). The lowest BCUT2D eigenvalue weighted by Crippen LogP contribution is -2.29. The Kier molecular flexibility index (Phi) is 2.81. The maximum absolute atomic E-state index is 12.4. The molecule has 0 radical (unpaired) electrons. The Hall–Kier alpha value is -1.43. The number of rotatable bonds is 1. The van der Waals surface area contributed by atoms with Gasteiger partial charge in [0.05, 0.1) is 12.4 Å². The number of halogens is 1. The molecule has 2 aromatic rings. The van der Waals surface area contributed by atoms with Gasteiger partial charge in [-0.3, -0.25) is 9.20 Å². The van der Waals surface area contributed by atoms with Crippen LogP contribution in [0, 0.1) is 5.92 Å². The number of hydrogen-bond acceptors (Lipinski definition) is 3. The van der Waals surface area contributed by atoms with Crippen molar-refractivity contribution >= 4 is 27.5 Å². The van der Waals surface area contributed by atoms with Crippen molar-refractivity contribution in [3.05, 3.63) is 28.9 Å². The standard InChI is InChI=1S/C12H13BrN4O/c1-8-2-3-16(6-8)12(18)9-4-15-11-5-14-10(13)7-17(9)11/h4-5,7-8H,2-3,6H2,1H3/t8-/m0/s1. The normalized spacial score (nSPS) is 19.7. The maximum atomic E-state index is 12.4. The molecule has 1 atom stereocenters. The van der Waals surface area contributed by atoms with Crippen molar-refractivity contribution in [2.45, 2.75) is 13.3 Å². The van der Waals surface area contributed by atoms with Crippen LogP contribution in [0.15, 0.2) is 23.2 Å². The van der Waals surface area contributed by atoms with Crippen molar-refractivity contribution in [1.29, 1.82) is 0 Å². The molecular formula is C12H13BrN4O. The molecule has 3 heterocycles. The van der Waals surface area contributed by atoms with Crippen molar-refractivity contribution in [2.24, 2.45) is 5.92 Å². The summed E-state index contributed by atoms with van der Waals surface area (Å²) in [5.74, 6) is 0.631. The molecule has 0 saturated carbocycles. The molecule has 1 fully saturated rings. The second kappa shape index (κ2) is 4.35. The van der Waals surface area contributed by atoms with Crippen LogP contribution in [-0.4, -0.2) is 38.3 Å². The minimum absolute atomic E-state index is 0.0463. The summed E-state index contributed by atoms with van der Waals surface area (Å²) in [6.45, 7) is 3.83. The number of fused-ring (bicyclic) bond motifs is 1. The highest BCUT2D eigenvalue weighted by Gasteiger charge is 2.26. The fourth-order valence-electron chi connectivity index (χ4n) is 2.31. The van der Waals surface area contributed by atoms with E-state index in [0.717, 1.165) is 19.5 Å². The molecule has 6 heteroatoms. The van der Waals surface area contributed by atoms with E-state index in [0.29, 0.717) is 21.9 Å². The molecular weight excluding hydrogens is 296 g/mol. The number of hydrogen-bond donors (Lipinski definition) is 0. The number of carbonyl (C=O) groups excluding carboxylic acids is 1. The Morgan fingerprint density at radius 1 is 1.44 bits per heavy atom. The lowest BCUT2D eigenvalue weighted by molar-refractivity contribution is 0.0781. The minimum atomic E-state index is 0.0463. The van der Waals surface area contributed by atoms with Crippen molar-refractivity contribution in [1.82, 2.24) is 19.3 Å². The van der Waals surface area contributed by atoms with Gasteiger partial charge in [-0.1, -0.05) is 6.92 Å². The summed E-state index contributed by atoms with van der Waals surface area (Å²) < 4.78 is 2.47. The first-order valence-electron chi connectivity index (χ1n) is 5.93. The van der Waals surface area contributed by atoms with Crippen molar-refractivity contribution in [3.63, 3.8) is 0 Å². The van der Waals surface area contributed by atoms with Gasteiger partial charge in [0.1, 0.15) is 10.3 Å². The first-order chi connectivity index (χ1) is 8.65. The molecule has 0 spiro atoms. The van der Waals surface area contributed by atoms with Crippen molar-refractivity contribution in [3.8, 4) is 0 Å². The number of carbonyl (C=O) groups is 1. The van der Waals surface area contributed by atoms with Crippen LogP contribution in [0.4, 0.5) is 0 Å². The summed E-state index contributed by atoms with van der Waals surface area (Å²) in [6.07, 6.45) is 6.12. The second-order valence-corrected chi connectivity index (χ2v) is 5.54. The summed E-state index contributed by atoms with van der Waals surface area (Å²) in [4.78, 5) is 22.6. The summed E-state index contributed by atoms with van der Waals surface area (Å²) in [6, 6.07) is 0. The molecule has 1 aliphatic rings. The van der Waals surface area contributed by atoms with Gasteiger partial charge < -0.3 is 4.90 Å². The van der Waals surface area contributed by atoms with Crippen LogP contribution in [0.3, 0.4) is 0 Å². The van der Waals surface area contributed by atoms with E-state index in [1.54, 1.807) is 23.0 Å². The lowest BCUT2D eigenvalue weighted by atomic mass is 10.2. The molecule has 5 nitrogen and oxygen atoms in total. The zero-order valence-electron chi connectivity index (χ0n) is 10.0. The molecule has 1 amide bonds. The van der Waals surface area contributed by atoms with E-state index in [4.69, 9.17) is 0 Å². The molecule has 0 aromatic carbocycles. The quantitative estimate of drug-likeness (QED) is 0.809. The van der Waals surface area contributed by atoms with Gasteiger partial charge in [-0.05, 0) is 28.3 Å². The van der Waals surface area contributed by atoms with Crippen LogP contribution in [0.1, 0.15) is 23.8 Å². The van der Waals surface area contributed by atoms with Gasteiger partial charge in [0.2, 0.25) is 0 Å². The van der Waals surface area contributed by atoms with Crippen molar-refractivity contribution < 1.29 is 4.79 Å². The molecule has 0 bridgehead atoms. The molecule has 1 saturated heterocycles. The first-order valence-corrected chi connectivity index (χ1v) is 6.72. The van der Waals surface area contributed by atoms with Crippen LogP contribution >= 0.6 is 15.9 Å². The van der Waals surface area contributed by atoms with Crippen LogP contribution in [0.5, 0.6) is 0 Å². The average Bonchev–Trinajstić information content (AvgIpc) is 2.94. The van der Waals surface area contributed by atoms with Crippen LogP contribution < -0.4 is 0 Å². The van der Waals surface area contributed by atoms with Gasteiger partial charge in [-0.25, -0.2) is 9.97 Å². The summed E-state index contributed by atoms with van der Waals surface area (Å²) in [7, 11) is 0. The minimum Gasteiger partial charge on any atom is -0.337 e. The number of aromatic nitrogens is 3. The number of nitrogens with zero attached hydrogens (tertiary/aromatic N) is 4. The van der Waals surface area contributed by atoms with Crippen LogP contribution in [0.25, 0.3) is 5.65 Å². The van der Waals surface area contributed by atoms with Gasteiger partial charge >= 0.3 is 0 Å². The number of likely N-dealkylation sites (tertiary alicyclic amines) is 1. The lowest BCUT2D eigenvalue weighted by Gasteiger charge is -2.15. The van der Waals surface area contributed by atoms with E-state index >= 15 is 0 Å². The molecule has 2 aromatic heterocycles. The predicted molar refractivity (Wildman–Crippen MR) is 70.4 cm³/mol. The van der Waals surface area contributed by atoms with Crippen LogP contribution in [-0.2, 0) is 0 Å². The smallest absolute Gasteiger partial charge is 0.272 e. The van der Waals surface area contributed by atoms with Gasteiger partial charge in [-0.15, -0.1) is 0 Å². The Morgan fingerprint density at radius 3 is 3.00 bits per heavy atom. The number of imidazole rings is 1. The van der Waals surface area contributed by atoms with Gasteiger partial charge in [-0.2, -0.15) is 0 Å². The fourth-order valence-corrected chi connectivity index (χ4v) is 2.61. The zero-order chi connectivity index (χ0) is 12.7. The van der Waals surface area contributed by atoms with Gasteiger partial charge in [0, 0.05) is 19.3 Å². The SMILES string of the molecule is C[C@H]1CCN(C(=O)c2cnc3cnc(Br)cn23)C1. The summed E-state index contributed by atoms with van der Waals surface area (Å²) >= 11 is 3.31. The summed E-state index contributed by atoms with van der Waals surface area (Å²) in [5, 5.41) is 0. The topological polar surface area (TPSA) is 50.5 Å². The molecule has 1 aliphatic heterocycles. The Labute approximate surface area is 113 Å². The molecule has 18 heavy (non-hydrogen) atoms. The van der Waals surface area contributed by atoms with E-state index in [-0.39, 0.29) is 5.91 Å². The Bertz CT molecular complexity index is 609. The first kappa shape index (κ1) is 11.6. The molecule has 0 aliphatic carbocycles. The largest absolute Gasteiger partial charge is 0.337 e. The van der Waals surface area contributed by atoms with Crippen molar-refractivity contribution in [2.75, 3.05) is 13.1 Å². The molecule has 0 unspecified atom stereocenters. The highest BCUT2D eigenvalue weighted by atomic mass is 79.9. The number of amides is 1. The van der Waals surface area contributed by atoms with E-state index < -0.39 is 0 Å². The monoisotopic (exact) mass is 308 g/mol. The van der Waals surface area contributed by atoms with E-state index in [1.165, 1.54) is 0 Å². The van der Waals surface area contributed by atoms with Gasteiger partial charge in [0.25, 0.3) is 5.91 Å². The Morgan fingerprint density at radius 2 is 2.28 bits per heavy atom. The summed E-state index contributed by atoms with van der Waals surface area (Å²) in [5.41, 5.74) is 1.29. The predicted octanol–water partition coefficient (Wildman–Crippen LogP) is 1.97. The Balaban J connectivity index is 1.99. The van der Waals surface area contributed by atoms with E-state index in [1.807, 2.05) is 4.90 Å². The highest BCUT2D eigenvalue weighted by molar-refractivity contribution is 9.10. The van der Waals surface area contributed by atoms with E-state index in [2.05, 4.69) is 32.8 Å². The average molecular weight is 309 g/mol. The third-order valence-corrected chi connectivity index (χ3v) is 3.70. The highest BCUT2D eigenvalue weighted by Crippen LogP contribution is 2.19. The second-order valence-electron chi connectivity index (χ2n) is 4.73. The van der Waals surface area contributed by atoms with Gasteiger partial charge in [0.15, 0.2) is 5.65 Å². The van der Waals surface area contributed by atoms with E-state index in [9.17, 15) is 4.79 Å².